The number of hydrogen-bond donors (Lipinski definition) is 0. The average Bonchev–Trinajstić information content (AvgIpc) is 2.58. The van der Waals surface area contributed by atoms with Crippen LogP contribution in [0.3, 0.4) is 0 Å². The summed E-state index contributed by atoms with van der Waals surface area (Å²) in [5, 5.41) is 1.62. The summed E-state index contributed by atoms with van der Waals surface area (Å²) in [4.78, 5) is 8.70. The first kappa shape index (κ1) is 22.5. The van der Waals surface area contributed by atoms with Gasteiger partial charge in [0.15, 0.2) is 0 Å². The zero-order chi connectivity index (χ0) is 17.6. The Morgan fingerprint density at radius 3 is 2.00 bits per heavy atom. The van der Waals surface area contributed by atoms with Crippen LogP contribution in [0, 0.1) is 0 Å². The van der Waals surface area contributed by atoms with Crippen LogP contribution in [0.25, 0.3) is 11.4 Å². The minimum Gasteiger partial charge on any atom is -0.370 e. The molecule has 1 radical (unpaired) electrons. The van der Waals surface area contributed by atoms with Crippen molar-refractivity contribution in [2.45, 2.75) is 20.8 Å². The monoisotopic (exact) mass is 449 g/mol. The second-order valence-corrected chi connectivity index (χ2v) is 8.08. The third-order valence-corrected chi connectivity index (χ3v) is 7.01. The van der Waals surface area contributed by atoms with Gasteiger partial charge in [-0.3, -0.25) is 9.97 Å². The molecule has 0 aromatic carbocycles. The summed E-state index contributed by atoms with van der Waals surface area (Å²) in [6.07, 6.45) is 3.29. The summed E-state index contributed by atoms with van der Waals surface area (Å²) in [5.74, 6) is 0. The van der Waals surface area contributed by atoms with Gasteiger partial charge < -0.3 is 13.3 Å². The molecule has 25 heavy (non-hydrogen) atoms. The molecule has 2 rings (SSSR count). The molecule has 0 saturated heterocycles. The maximum absolute atomic E-state index is 6.21. The summed E-state index contributed by atoms with van der Waals surface area (Å²) >= 11 is 12.2. The molecule has 0 fully saturated rings. The number of hydrogen-bond acceptors (Lipinski definition) is 5. The molecule has 0 bridgehead atoms. The first-order valence-corrected chi connectivity index (χ1v) is 10.2. The molecule has 0 N–H and O–H groups in total. The molecular weight excluding hydrogens is 431 g/mol. The first-order valence-electron chi connectivity index (χ1n) is 7.76. The van der Waals surface area contributed by atoms with E-state index in [4.69, 9.17) is 36.5 Å². The molecule has 2 aromatic rings. The number of rotatable bonds is 8. The summed E-state index contributed by atoms with van der Waals surface area (Å²) in [6.45, 7) is 7.23. The van der Waals surface area contributed by atoms with Crippen molar-refractivity contribution >= 4 is 37.2 Å². The first-order chi connectivity index (χ1) is 11.6. The number of aromatic nitrogens is 2. The van der Waals surface area contributed by atoms with Gasteiger partial charge in [-0.15, -0.1) is 0 Å². The van der Waals surface area contributed by atoms with Crippen LogP contribution in [0.1, 0.15) is 20.8 Å². The Kier molecular flexibility index (Phi) is 9.55. The van der Waals surface area contributed by atoms with Gasteiger partial charge in [-0.2, -0.15) is 0 Å². The maximum Gasteiger partial charge on any atom is 0.538 e. The van der Waals surface area contributed by atoms with Crippen molar-refractivity contribution in [2.24, 2.45) is 0 Å². The zero-order valence-electron chi connectivity index (χ0n) is 14.2. The molecule has 0 aliphatic heterocycles. The molecule has 141 valence electrons. The number of halogens is 2. The number of pyridine rings is 2. The van der Waals surface area contributed by atoms with Crippen LogP contribution in [0.2, 0.25) is 10.0 Å². The van der Waals surface area contributed by atoms with Crippen molar-refractivity contribution in [3.8, 4) is 11.4 Å². The van der Waals surface area contributed by atoms with E-state index >= 15 is 0 Å². The largest absolute Gasteiger partial charge is 0.538 e. The summed E-state index contributed by atoms with van der Waals surface area (Å²) in [5.41, 5.74) is 1.16. The van der Waals surface area contributed by atoms with E-state index in [1.165, 1.54) is 0 Å². The molecule has 0 atom stereocenters. The van der Waals surface area contributed by atoms with Gasteiger partial charge >= 0.3 is 8.80 Å². The van der Waals surface area contributed by atoms with Crippen LogP contribution in [0.4, 0.5) is 0 Å². The van der Waals surface area contributed by atoms with Gasteiger partial charge in [0.1, 0.15) is 5.69 Å². The van der Waals surface area contributed by atoms with Crippen LogP contribution >= 0.6 is 23.2 Å². The Labute approximate surface area is 169 Å². The van der Waals surface area contributed by atoms with Crippen molar-refractivity contribution in [2.75, 3.05) is 19.8 Å². The predicted octanol–water partition coefficient (Wildman–Crippen LogP) is 3.70. The maximum atomic E-state index is 6.21. The molecule has 5 nitrogen and oxygen atoms in total. The second kappa shape index (κ2) is 10.6. The second-order valence-electron chi connectivity index (χ2n) is 4.74. The van der Waals surface area contributed by atoms with Crippen molar-refractivity contribution in [3.05, 3.63) is 40.6 Å². The fraction of sp³-hybridized carbons (Fsp3) is 0.375. The molecule has 2 heterocycles. The molecule has 0 amide bonds. The molecule has 0 saturated carbocycles. The van der Waals surface area contributed by atoms with Crippen LogP contribution in [-0.4, -0.2) is 38.6 Å². The van der Waals surface area contributed by atoms with Gasteiger partial charge in [-0.25, -0.2) is 0 Å². The van der Waals surface area contributed by atoms with Gasteiger partial charge in [0, 0.05) is 54.5 Å². The van der Waals surface area contributed by atoms with Crippen molar-refractivity contribution < 1.29 is 30.3 Å². The quantitative estimate of drug-likeness (QED) is 0.574. The van der Waals surface area contributed by atoms with E-state index in [2.05, 4.69) is 9.97 Å². The van der Waals surface area contributed by atoms with Crippen molar-refractivity contribution in [1.29, 1.82) is 0 Å². The zero-order valence-corrected chi connectivity index (χ0v) is 17.6. The van der Waals surface area contributed by atoms with Gasteiger partial charge in [0.2, 0.25) is 0 Å². The van der Waals surface area contributed by atoms with Crippen LogP contribution in [0.5, 0.6) is 0 Å². The minimum atomic E-state index is -2.96. The van der Waals surface area contributed by atoms with Crippen LogP contribution in [0.15, 0.2) is 30.6 Å². The van der Waals surface area contributed by atoms with Crippen LogP contribution < -0.4 is 5.19 Å². The van der Waals surface area contributed by atoms with Gasteiger partial charge in [0.05, 0.1) is 15.7 Å². The topological polar surface area (TPSA) is 53.5 Å². The molecule has 2 aromatic heterocycles. The van der Waals surface area contributed by atoms with E-state index in [1.807, 2.05) is 32.9 Å². The molecule has 9 heteroatoms. The smallest absolute Gasteiger partial charge is 0.370 e. The van der Waals surface area contributed by atoms with Gasteiger partial charge in [-0.1, -0.05) is 29.3 Å². The third-order valence-electron chi connectivity index (χ3n) is 3.20. The van der Waals surface area contributed by atoms with E-state index in [1.54, 1.807) is 18.5 Å². The van der Waals surface area contributed by atoms with E-state index < -0.39 is 8.80 Å². The molecular formula is C16H20Cl2CuN2O3Si. The predicted molar refractivity (Wildman–Crippen MR) is 97.8 cm³/mol. The fourth-order valence-corrected chi connectivity index (χ4v) is 5.01. The van der Waals surface area contributed by atoms with Crippen LogP contribution in [-0.2, 0) is 30.3 Å². The Morgan fingerprint density at radius 1 is 0.920 bits per heavy atom. The fourth-order valence-electron chi connectivity index (χ4n) is 2.26. The Bertz CT molecular complexity index is 660. The minimum absolute atomic E-state index is 0. The van der Waals surface area contributed by atoms with Crippen molar-refractivity contribution in [3.63, 3.8) is 0 Å². The van der Waals surface area contributed by atoms with E-state index in [0.717, 1.165) is 5.19 Å². The summed E-state index contributed by atoms with van der Waals surface area (Å²) < 4.78 is 17.6. The van der Waals surface area contributed by atoms with Gasteiger partial charge in [0.25, 0.3) is 0 Å². The molecule has 0 unspecified atom stereocenters. The number of nitrogens with zero attached hydrogens (tertiary/aromatic N) is 2. The summed E-state index contributed by atoms with van der Waals surface area (Å²) in [6, 6.07) is 5.34. The van der Waals surface area contributed by atoms with E-state index in [0.29, 0.717) is 41.3 Å². The third kappa shape index (κ3) is 5.25. The van der Waals surface area contributed by atoms with E-state index in [9.17, 15) is 0 Å². The standard InChI is InChI=1S/C16H20Cl2N2O3Si.Cu/c1-4-21-24(22-5-2,23-6-3)12-7-8-14(20-11-12)16-15(18)13(17)9-10-19-16;/h7-11H,4-6H2,1-3H3;. The Hall–Kier alpha value is -0.504. The van der Waals surface area contributed by atoms with E-state index in [-0.39, 0.29) is 17.1 Å². The summed E-state index contributed by atoms with van der Waals surface area (Å²) in [7, 11) is -2.96. The molecule has 0 aliphatic carbocycles. The van der Waals surface area contributed by atoms with Gasteiger partial charge in [-0.05, 0) is 32.9 Å². The Balaban J connectivity index is 0.00000312. The molecule has 0 aliphatic rings. The normalized spacial score (nSPS) is 11.2. The average molecular weight is 451 g/mol. The van der Waals surface area contributed by atoms with Crippen molar-refractivity contribution in [1.82, 2.24) is 9.97 Å². The Morgan fingerprint density at radius 2 is 1.52 bits per heavy atom. The molecule has 0 spiro atoms. The SMILES string of the molecule is CCO[Si](OCC)(OCC)c1ccc(-c2nccc(Cl)c2Cl)nc1.[Cu].